The van der Waals surface area contributed by atoms with E-state index in [0.29, 0.717) is 32.2 Å². The van der Waals surface area contributed by atoms with Crippen LogP contribution in [0.1, 0.15) is 38.7 Å². The first-order valence-corrected chi connectivity index (χ1v) is 12.1. The van der Waals surface area contributed by atoms with Crippen LogP contribution in [0, 0.1) is 10.1 Å². The van der Waals surface area contributed by atoms with E-state index < -0.39 is 35.2 Å². The molecule has 0 aromatic heterocycles. The third kappa shape index (κ3) is 9.78. The van der Waals surface area contributed by atoms with Crippen LogP contribution < -0.4 is 5.32 Å². The second-order valence-corrected chi connectivity index (χ2v) is 8.24. The zero-order valence-electron chi connectivity index (χ0n) is 20.8. The van der Waals surface area contributed by atoms with Crippen molar-refractivity contribution >= 4 is 17.8 Å². The molecule has 1 aromatic carbocycles. The molecule has 1 saturated heterocycles. The molecule has 12 nitrogen and oxygen atoms in total. The minimum Gasteiger partial charge on any atom is -0.465 e. The van der Waals surface area contributed by atoms with E-state index in [1.165, 1.54) is 4.90 Å². The second kappa shape index (κ2) is 15.7. The quantitative estimate of drug-likeness (QED) is 0.150. The molecule has 0 saturated carbocycles. The Balaban J connectivity index is 1.85. The molecule has 0 bridgehead atoms. The Morgan fingerprint density at radius 1 is 1.14 bits per heavy atom. The average molecular weight is 510 g/mol. The third-order valence-corrected chi connectivity index (χ3v) is 5.66. The Kier molecular flexibility index (Phi) is 12.6. The predicted octanol–water partition coefficient (Wildman–Crippen LogP) is 1.29. The zero-order chi connectivity index (χ0) is 26.3. The summed E-state index contributed by atoms with van der Waals surface area (Å²) in [6.45, 7) is 3.81. The van der Waals surface area contributed by atoms with Gasteiger partial charge in [0, 0.05) is 6.54 Å². The number of aryl methyl sites for hydroxylation is 1. The maximum absolute atomic E-state index is 13.2. The SMILES string of the molecule is CCOC(=O)C(CCc1ccccc1)NC(C)C(=O)N1CCCC1C(=O)OCCOCCO[N+](=O)[O-]. The van der Waals surface area contributed by atoms with Gasteiger partial charge in [0.1, 0.15) is 25.3 Å². The van der Waals surface area contributed by atoms with Crippen molar-refractivity contribution in [1.82, 2.24) is 10.2 Å². The summed E-state index contributed by atoms with van der Waals surface area (Å²) in [6.07, 6.45) is 2.22. The molecule has 3 atom stereocenters. The van der Waals surface area contributed by atoms with Gasteiger partial charge in [-0.25, -0.2) is 4.79 Å². The van der Waals surface area contributed by atoms with Crippen LogP contribution in [-0.2, 0) is 39.9 Å². The first-order valence-electron chi connectivity index (χ1n) is 12.1. The summed E-state index contributed by atoms with van der Waals surface area (Å²) in [7, 11) is 0. The molecule has 0 aliphatic carbocycles. The molecule has 3 unspecified atom stereocenters. The smallest absolute Gasteiger partial charge is 0.328 e. The lowest BCUT2D eigenvalue weighted by Gasteiger charge is -2.28. The van der Waals surface area contributed by atoms with Crippen molar-refractivity contribution in [2.45, 2.75) is 57.7 Å². The summed E-state index contributed by atoms with van der Waals surface area (Å²) in [5.41, 5.74) is 1.07. The van der Waals surface area contributed by atoms with E-state index in [1.807, 2.05) is 30.3 Å². The van der Waals surface area contributed by atoms with Gasteiger partial charge < -0.3 is 23.9 Å². The van der Waals surface area contributed by atoms with Crippen molar-refractivity contribution in [3.63, 3.8) is 0 Å². The number of nitrogens with zero attached hydrogens (tertiary/aromatic N) is 2. The van der Waals surface area contributed by atoms with Crippen molar-refractivity contribution in [2.24, 2.45) is 0 Å². The normalized spacial score (nSPS) is 16.7. The third-order valence-electron chi connectivity index (χ3n) is 5.66. The second-order valence-electron chi connectivity index (χ2n) is 8.24. The summed E-state index contributed by atoms with van der Waals surface area (Å²) in [5, 5.41) is 12.2. The molecular formula is C24H35N3O9. The van der Waals surface area contributed by atoms with Gasteiger partial charge in [0.15, 0.2) is 0 Å². The van der Waals surface area contributed by atoms with Gasteiger partial charge in [-0.1, -0.05) is 30.3 Å². The fourth-order valence-electron chi connectivity index (χ4n) is 3.94. The molecule has 0 spiro atoms. The van der Waals surface area contributed by atoms with Crippen LogP contribution >= 0.6 is 0 Å². The Labute approximate surface area is 210 Å². The molecule has 1 aliphatic rings. The number of likely N-dealkylation sites (tertiary alicyclic amines) is 1. The van der Waals surface area contributed by atoms with E-state index in [0.717, 1.165) is 5.56 Å². The first kappa shape index (κ1) is 29.0. The lowest BCUT2D eigenvalue weighted by atomic mass is 10.0. The largest absolute Gasteiger partial charge is 0.465 e. The van der Waals surface area contributed by atoms with Crippen molar-refractivity contribution in [3.8, 4) is 0 Å². The van der Waals surface area contributed by atoms with E-state index in [4.69, 9.17) is 14.2 Å². The number of amides is 1. The van der Waals surface area contributed by atoms with E-state index in [-0.39, 0.29) is 38.9 Å². The molecule has 1 amide bonds. The molecular weight excluding hydrogens is 474 g/mol. The Morgan fingerprint density at radius 3 is 2.56 bits per heavy atom. The lowest BCUT2D eigenvalue weighted by Crippen LogP contribution is -2.53. The van der Waals surface area contributed by atoms with E-state index in [2.05, 4.69) is 10.2 Å². The van der Waals surface area contributed by atoms with Crippen LogP contribution in [0.5, 0.6) is 0 Å². The molecule has 2 rings (SSSR count). The molecule has 1 N–H and O–H groups in total. The van der Waals surface area contributed by atoms with Crippen LogP contribution in [0.3, 0.4) is 0 Å². The van der Waals surface area contributed by atoms with Gasteiger partial charge in [-0.15, -0.1) is 10.1 Å². The number of hydrogen-bond acceptors (Lipinski definition) is 10. The average Bonchev–Trinajstić information content (AvgIpc) is 3.36. The Morgan fingerprint density at radius 2 is 1.86 bits per heavy atom. The number of benzene rings is 1. The van der Waals surface area contributed by atoms with Crippen molar-refractivity contribution < 1.29 is 38.5 Å². The zero-order valence-corrected chi connectivity index (χ0v) is 20.8. The number of nitrogens with one attached hydrogen (secondary N) is 1. The molecule has 0 radical (unpaired) electrons. The van der Waals surface area contributed by atoms with Gasteiger partial charge in [-0.2, -0.15) is 0 Å². The Bertz CT molecular complexity index is 852. The summed E-state index contributed by atoms with van der Waals surface area (Å²) >= 11 is 0. The highest BCUT2D eigenvalue weighted by Crippen LogP contribution is 2.20. The standard InChI is InChI=1S/C24H35N3O9/c1-3-34-23(29)20(12-11-19-8-5-4-6-9-19)25-18(2)22(28)26-13-7-10-21(26)24(30)35-16-14-33-15-17-36-27(31)32/h4-6,8-9,18,20-21,25H,3,7,10-17H2,1-2H3. The minimum absolute atomic E-state index is 0.0122. The number of carbonyl (C=O) groups excluding carboxylic acids is 3. The van der Waals surface area contributed by atoms with Gasteiger partial charge in [0.05, 0.1) is 25.9 Å². The molecule has 1 aromatic rings. The first-order chi connectivity index (χ1) is 17.3. The van der Waals surface area contributed by atoms with Crippen LogP contribution in [-0.4, -0.2) is 85.5 Å². The molecule has 1 aliphatic heterocycles. The van der Waals surface area contributed by atoms with E-state index in [9.17, 15) is 24.5 Å². The Hall–Kier alpha value is -3.25. The highest BCUT2D eigenvalue weighted by molar-refractivity contribution is 5.88. The molecule has 12 heteroatoms. The van der Waals surface area contributed by atoms with Gasteiger partial charge in [0.2, 0.25) is 5.91 Å². The van der Waals surface area contributed by atoms with Crippen LogP contribution in [0.25, 0.3) is 0 Å². The summed E-state index contributed by atoms with van der Waals surface area (Å²) in [6, 6.07) is 7.62. The highest BCUT2D eigenvalue weighted by Gasteiger charge is 2.38. The number of ether oxygens (including phenoxy) is 3. The van der Waals surface area contributed by atoms with Crippen LogP contribution in [0.4, 0.5) is 0 Å². The minimum atomic E-state index is -0.914. The van der Waals surface area contributed by atoms with Crippen molar-refractivity contribution in [2.75, 3.05) is 39.6 Å². The fraction of sp³-hybridized carbons (Fsp3) is 0.625. The van der Waals surface area contributed by atoms with Gasteiger partial charge in [-0.3, -0.25) is 14.9 Å². The summed E-state index contributed by atoms with van der Waals surface area (Å²) in [4.78, 5) is 53.9. The van der Waals surface area contributed by atoms with Crippen LogP contribution in [0.2, 0.25) is 0 Å². The van der Waals surface area contributed by atoms with Crippen LogP contribution in [0.15, 0.2) is 30.3 Å². The topological polar surface area (TPSA) is 147 Å². The highest BCUT2D eigenvalue weighted by atomic mass is 17.0. The summed E-state index contributed by atoms with van der Waals surface area (Å²) in [5.74, 6) is -1.25. The number of carbonyl (C=O) groups is 3. The van der Waals surface area contributed by atoms with E-state index >= 15 is 0 Å². The lowest BCUT2D eigenvalue weighted by molar-refractivity contribution is -0.758. The number of hydrogen-bond donors (Lipinski definition) is 1. The number of rotatable bonds is 16. The molecule has 36 heavy (non-hydrogen) atoms. The maximum Gasteiger partial charge on any atom is 0.328 e. The fourth-order valence-corrected chi connectivity index (χ4v) is 3.94. The van der Waals surface area contributed by atoms with Gasteiger partial charge >= 0.3 is 11.9 Å². The van der Waals surface area contributed by atoms with Crippen molar-refractivity contribution in [1.29, 1.82) is 0 Å². The summed E-state index contributed by atoms with van der Waals surface area (Å²) < 4.78 is 15.5. The molecule has 200 valence electrons. The van der Waals surface area contributed by atoms with Gasteiger partial charge in [0.25, 0.3) is 5.09 Å². The van der Waals surface area contributed by atoms with E-state index in [1.54, 1.807) is 13.8 Å². The van der Waals surface area contributed by atoms with Crippen molar-refractivity contribution in [3.05, 3.63) is 46.0 Å². The monoisotopic (exact) mass is 509 g/mol. The maximum atomic E-state index is 13.2. The van der Waals surface area contributed by atoms with Gasteiger partial charge in [-0.05, 0) is 45.1 Å². The molecule has 1 fully saturated rings. The number of esters is 2. The predicted molar refractivity (Wildman–Crippen MR) is 127 cm³/mol. The molecule has 1 heterocycles.